The lowest BCUT2D eigenvalue weighted by Gasteiger charge is -2.07. The number of rotatable bonds is 4. The van der Waals surface area contributed by atoms with Crippen molar-refractivity contribution in [2.75, 3.05) is 0 Å². The van der Waals surface area contributed by atoms with Crippen molar-refractivity contribution in [3.63, 3.8) is 0 Å². The zero-order valence-corrected chi connectivity index (χ0v) is 8.22. The molecule has 0 aromatic rings. The number of hydrogen-bond donors (Lipinski definition) is 0. The monoisotopic (exact) mass is 214 g/mol. The molecule has 0 amide bonds. The first-order chi connectivity index (χ1) is 4.98. The lowest BCUT2D eigenvalue weighted by Crippen LogP contribution is -2.17. The largest absolute Gasteiger partial charge is 0.295 e. The average Bonchev–Trinajstić information content (AvgIpc) is 1.86. The van der Waals surface area contributed by atoms with Crippen LogP contribution >= 0.6 is 34.8 Å². The van der Waals surface area contributed by atoms with E-state index >= 15 is 0 Å². The van der Waals surface area contributed by atoms with E-state index in [2.05, 4.69) is 6.58 Å². The second-order valence-corrected chi connectivity index (χ2v) is 4.38. The van der Waals surface area contributed by atoms with Crippen LogP contribution in [0, 0.1) is 0 Å². The molecule has 0 fully saturated rings. The van der Waals surface area contributed by atoms with Gasteiger partial charge in [0.05, 0.1) is 0 Å². The van der Waals surface area contributed by atoms with Gasteiger partial charge >= 0.3 is 0 Å². The molecule has 4 heteroatoms. The van der Waals surface area contributed by atoms with Crippen LogP contribution in [0.4, 0.5) is 0 Å². The van der Waals surface area contributed by atoms with Crippen molar-refractivity contribution >= 4 is 40.6 Å². The van der Waals surface area contributed by atoms with Crippen molar-refractivity contribution in [2.24, 2.45) is 0 Å². The molecule has 0 N–H and O–H groups in total. The number of Topliss-reactive ketones (excluding diaryl/α,β-unsaturated/α-hetero) is 1. The Morgan fingerprint density at radius 1 is 1.45 bits per heavy atom. The van der Waals surface area contributed by atoms with Gasteiger partial charge < -0.3 is 0 Å². The maximum absolute atomic E-state index is 10.9. The number of alkyl halides is 3. The second kappa shape index (κ2) is 5.02. The third kappa shape index (κ3) is 5.54. The Hall–Kier alpha value is 0.280. The molecule has 0 saturated heterocycles. The highest BCUT2D eigenvalue weighted by Gasteiger charge is 2.28. The van der Waals surface area contributed by atoms with Gasteiger partial charge in [0, 0.05) is 6.42 Å². The molecule has 1 nitrogen and oxygen atoms in total. The van der Waals surface area contributed by atoms with Gasteiger partial charge in [-0.15, -0.1) is 6.58 Å². The zero-order chi connectivity index (χ0) is 8.91. The summed E-state index contributed by atoms with van der Waals surface area (Å²) in [6.45, 7) is 3.51. The molecule has 11 heavy (non-hydrogen) atoms. The first-order valence-corrected chi connectivity index (χ1v) is 4.33. The van der Waals surface area contributed by atoms with Crippen LogP contribution < -0.4 is 0 Å². The minimum Gasteiger partial charge on any atom is -0.295 e. The van der Waals surface area contributed by atoms with E-state index in [0.29, 0.717) is 12.8 Å². The van der Waals surface area contributed by atoms with Crippen LogP contribution in [0.3, 0.4) is 0 Å². The summed E-state index contributed by atoms with van der Waals surface area (Å²) in [6, 6.07) is 0. The smallest absolute Gasteiger partial charge is 0.248 e. The van der Waals surface area contributed by atoms with Crippen molar-refractivity contribution in [1.82, 2.24) is 0 Å². The van der Waals surface area contributed by atoms with Crippen LogP contribution in [0.5, 0.6) is 0 Å². The topological polar surface area (TPSA) is 17.1 Å². The third-order valence-corrected chi connectivity index (χ3v) is 1.76. The van der Waals surface area contributed by atoms with Gasteiger partial charge in [-0.1, -0.05) is 40.9 Å². The number of ketones is 1. The Balaban J connectivity index is 3.62. The summed E-state index contributed by atoms with van der Waals surface area (Å²) < 4.78 is -1.75. The number of allylic oxidation sites excluding steroid dienone is 1. The molecule has 64 valence electrons. The molecule has 0 saturated carbocycles. The Bertz CT molecular complexity index is 148. The molecule has 0 radical (unpaired) electrons. The van der Waals surface area contributed by atoms with E-state index in [0.717, 1.165) is 6.42 Å². The van der Waals surface area contributed by atoms with Gasteiger partial charge in [-0.05, 0) is 12.8 Å². The lowest BCUT2D eigenvalue weighted by molar-refractivity contribution is -0.118. The van der Waals surface area contributed by atoms with Crippen LogP contribution in [0.1, 0.15) is 19.3 Å². The Labute approximate surface area is 81.3 Å². The molecule has 0 atom stereocenters. The molecule has 0 aliphatic heterocycles. The van der Waals surface area contributed by atoms with Gasteiger partial charge in [-0.25, -0.2) is 0 Å². The summed E-state index contributed by atoms with van der Waals surface area (Å²) in [5.41, 5.74) is 0. The standard InChI is InChI=1S/C7H9Cl3O/c1-2-3-4-5-6(11)7(8,9)10/h2H,1,3-5H2. The first-order valence-electron chi connectivity index (χ1n) is 3.19. The molecular formula is C7H9Cl3O. The minimum atomic E-state index is -1.75. The van der Waals surface area contributed by atoms with Gasteiger partial charge in [0.25, 0.3) is 0 Å². The summed E-state index contributed by atoms with van der Waals surface area (Å²) in [4.78, 5) is 10.9. The highest BCUT2D eigenvalue weighted by Crippen LogP contribution is 2.28. The highest BCUT2D eigenvalue weighted by molar-refractivity contribution is 6.76. The maximum atomic E-state index is 10.9. The van der Waals surface area contributed by atoms with Crippen molar-refractivity contribution in [3.8, 4) is 0 Å². The third-order valence-electron chi connectivity index (χ3n) is 1.13. The summed E-state index contributed by atoms with van der Waals surface area (Å²) in [6.07, 6.45) is 3.48. The van der Waals surface area contributed by atoms with Crippen molar-refractivity contribution in [2.45, 2.75) is 23.1 Å². The highest BCUT2D eigenvalue weighted by atomic mass is 35.6. The molecule has 0 spiro atoms. The van der Waals surface area contributed by atoms with Gasteiger partial charge in [0.15, 0.2) is 5.78 Å². The van der Waals surface area contributed by atoms with Crippen LogP contribution in [-0.4, -0.2) is 9.58 Å². The fourth-order valence-electron chi connectivity index (χ4n) is 0.549. The molecule has 0 bridgehead atoms. The van der Waals surface area contributed by atoms with Crippen molar-refractivity contribution < 1.29 is 4.79 Å². The number of hydrogen-bond acceptors (Lipinski definition) is 1. The SMILES string of the molecule is C=CCCCC(=O)C(Cl)(Cl)Cl. The average molecular weight is 216 g/mol. The van der Waals surface area contributed by atoms with E-state index in [1.807, 2.05) is 0 Å². The Kier molecular flexibility index (Phi) is 5.15. The second-order valence-electron chi connectivity index (χ2n) is 2.10. The van der Waals surface area contributed by atoms with Gasteiger partial charge in [0.1, 0.15) is 0 Å². The maximum Gasteiger partial charge on any atom is 0.248 e. The predicted molar refractivity (Wildman–Crippen MR) is 49.3 cm³/mol. The number of halogens is 3. The lowest BCUT2D eigenvalue weighted by atomic mass is 10.2. The van der Waals surface area contributed by atoms with E-state index in [1.165, 1.54) is 0 Å². The Morgan fingerprint density at radius 3 is 2.36 bits per heavy atom. The van der Waals surface area contributed by atoms with Crippen LogP contribution in [0.2, 0.25) is 0 Å². The molecule has 0 aliphatic rings. The van der Waals surface area contributed by atoms with Gasteiger partial charge in [-0.3, -0.25) is 4.79 Å². The number of unbranched alkanes of at least 4 members (excludes halogenated alkanes) is 1. The predicted octanol–water partition coefficient (Wildman–Crippen LogP) is 3.28. The van der Waals surface area contributed by atoms with E-state index in [4.69, 9.17) is 34.8 Å². The van der Waals surface area contributed by atoms with Crippen molar-refractivity contribution in [3.05, 3.63) is 12.7 Å². The summed E-state index contributed by atoms with van der Waals surface area (Å²) >= 11 is 16.0. The molecule has 0 aliphatic carbocycles. The fraction of sp³-hybridized carbons (Fsp3) is 0.571. The van der Waals surface area contributed by atoms with Gasteiger partial charge in [0.2, 0.25) is 3.79 Å². The van der Waals surface area contributed by atoms with E-state index in [9.17, 15) is 4.79 Å². The molecule has 0 aromatic carbocycles. The molecule has 0 aromatic heterocycles. The Morgan fingerprint density at radius 2 is 2.00 bits per heavy atom. The van der Waals surface area contributed by atoms with Crippen molar-refractivity contribution in [1.29, 1.82) is 0 Å². The number of carbonyl (C=O) groups excluding carboxylic acids is 1. The molecule has 0 heterocycles. The van der Waals surface area contributed by atoms with E-state index < -0.39 is 3.79 Å². The minimum absolute atomic E-state index is 0.294. The van der Waals surface area contributed by atoms with E-state index in [-0.39, 0.29) is 5.78 Å². The first kappa shape index (κ1) is 11.3. The quantitative estimate of drug-likeness (QED) is 0.400. The molecule has 0 unspecified atom stereocenters. The van der Waals surface area contributed by atoms with Crippen LogP contribution in [-0.2, 0) is 4.79 Å². The van der Waals surface area contributed by atoms with Crippen LogP contribution in [0.25, 0.3) is 0 Å². The fourth-order valence-corrected chi connectivity index (χ4v) is 0.832. The van der Waals surface area contributed by atoms with Gasteiger partial charge in [-0.2, -0.15) is 0 Å². The molecular weight excluding hydrogens is 206 g/mol. The normalized spacial score (nSPS) is 11.2. The zero-order valence-electron chi connectivity index (χ0n) is 5.95. The molecule has 0 rings (SSSR count). The summed E-state index contributed by atoms with van der Waals surface area (Å²) in [5.74, 6) is -0.357. The summed E-state index contributed by atoms with van der Waals surface area (Å²) in [5, 5.41) is 0. The number of carbonyl (C=O) groups is 1. The summed E-state index contributed by atoms with van der Waals surface area (Å²) in [7, 11) is 0. The van der Waals surface area contributed by atoms with E-state index in [1.54, 1.807) is 6.08 Å². The van der Waals surface area contributed by atoms with Crippen LogP contribution in [0.15, 0.2) is 12.7 Å².